The summed E-state index contributed by atoms with van der Waals surface area (Å²) in [6, 6.07) is 0.421. The molecule has 1 aromatic rings. The van der Waals surface area contributed by atoms with Gasteiger partial charge in [0.15, 0.2) is 0 Å². The van der Waals surface area contributed by atoms with E-state index < -0.39 is 38.8 Å². The smallest absolute Gasteiger partial charge is 0.255 e. The number of hydrogen-bond donors (Lipinski definition) is 1. The summed E-state index contributed by atoms with van der Waals surface area (Å²) in [5.41, 5.74) is -3.69. The minimum absolute atomic E-state index is 0.421. The van der Waals surface area contributed by atoms with Crippen molar-refractivity contribution in [2.75, 3.05) is 0 Å². The van der Waals surface area contributed by atoms with Gasteiger partial charge in [0.1, 0.15) is 11.3 Å². The van der Waals surface area contributed by atoms with Gasteiger partial charge in [0.25, 0.3) is 6.43 Å². The summed E-state index contributed by atoms with van der Waals surface area (Å²) in [6.45, 7) is 0. The van der Waals surface area contributed by atoms with Crippen molar-refractivity contribution >= 4 is 10.0 Å². The van der Waals surface area contributed by atoms with Gasteiger partial charge in [-0.05, 0) is 6.07 Å². The minimum atomic E-state index is -5.29. The van der Waals surface area contributed by atoms with E-state index in [-0.39, 0.29) is 0 Å². The fourth-order valence-electron chi connectivity index (χ4n) is 1.15. The van der Waals surface area contributed by atoms with Crippen LogP contribution in [0.3, 0.4) is 0 Å². The van der Waals surface area contributed by atoms with E-state index in [1.54, 1.807) is 0 Å². The van der Waals surface area contributed by atoms with Gasteiger partial charge in [0.2, 0.25) is 10.0 Å². The van der Waals surface area contributed by atoms with Crippen LogP contribution < -0.4 is 5.14 Å². The number of halogens is 5. The van der Waals surface area contributed by atoms with E-state index in [4.69, 9.17) is 0 Å². The topological polar surface area (TPSA) is 73.1 Å². The molecule has 0 fully saturated rings. The summed E-state index contributed by atoms with van der Waals surface area (Å²) in [5.74, 6) is 0. The van der Waals surface area contributed by atoms with Crippen LogP contribution in [0.25, 0.3) is 0 Å². The van der Waals surface area contributed by atoms with Crippen LogP contribution in [0.1, 0.15) is 17.7 Å². The number of alkyl halides is 5. The molecule has 0 spiro atoms. The second kappa shape index (κ2) is 4.18. The Morgan fingerprint density at radius 2 is 1.82 bits per heavy atom. The molecule has 10 heteroatoms. The van der Waals surface area contributed by atoms with Crippen LogP contribution in [0.15, 0.2) is 17.2 Å². The first kappa shape index (κ1) is 13.8. The standard InChI is InChI=1S/C7H5F5N2O2S/c8-6(9)5-4(7(10,11)12)3(1-2-14-5)17(13,15)16/h1-2,6H,(H2,13,15,16). The average Bonchev–Trinajstić information content (AvgIpc) is 2.13. The second-order valence-corrected chi connectivity index (χ2v) is 4.44. The van der Waals surface area contributed by atoms with Crippen LogP contribution in [-0.2, 0) is 16.2 Å². The van der Waals surface area contributed by atoms with E-state index in [9.17, 15) is 30.4 Å². The molecule has 1 rings (SSSR count). The maximum Gasteiger partial charge on any atom is 0.419 e. The minimum Gasteiger partial charge on any atom is -0.255 e. The van der Waals surface area contributed by atoms with Crippen molar-refractivity contribution in [3.05, 3.63) is 23.5 Å². The van der Waals surface area contributed by atoms with Crippen molar-refractivity contribution < 1.29 is 30.4 Å². The Labute approximate surface area is 92.3 Å². The molecule has 2 N–H and O–H groups in total. The molecule has 1 aromatic heterocycles. The summed E-state index contributed by atoms with van der Waals surface area (Å²) in [6.07, 6.45) is -8.33. The lowest BCUT2D eigenvalue weighted by atomic mass is 10.2. The lowest BCUT2D eigenvalue weighted by Gasteiger charge is -2.14. The number of nitrogens with zero attached hydrogens (tertiary/aromatic N) is 1. The molecule has 0 saturated carbocycles. The highest BCUT2D eigenvalue weighted by Crippen LogP contribution is 2.38. The normalized spacial score (nSPS) is 13.1. The molecular formula is C7H5F5N2O2S. The lowest BCUT2D eigenvalue weighted by Crippen LogP contribution is -2.21. The zero-order valence-electron chi connectivity index (χ0n) is 7.87. The zero-order chi connectivity index (χ0) is 13.4. The van der Waals surface area contributed by atoms with E-state index in [1.807, 2.05) is 0 Å². The Hall–Kier alpha value is -1.29. The van der Waals surface area contributed by atoms with Crippen molar-refractivity contribution in [3.63, 3.8) is 0 Å². The molecule has 17 heavy (non-hydrogen) atoms. The van der Waals surface area contributed by atoms with Crippen molar-refractivity contribution in [1.29, 1.82) is 0 Å². The molecule has 0 atom stereocenters. The maximum atomic E-state index is 12.5. The van der Waals surface area contributed by atoms with Crippen LogP contribution >= 0.6 is 0 Å². The molecule has 0 bridgehead atoms. The Balaban J connectivity index is 3.70. The number of hydrogen-bond acceptors (Lipinski definition) is 3. The highest BCUT2D eigenvalue weighted by Gasteiger charge is 2.41. The zero-order valence-corrected chi connectivity index (χ0v) is 8.69. The van der Waals surface area contributed by atoms with Gasteiger partial charge in [0, 0.05) is 6.20 Å². The first-order valence-corrected chi connectivity index (χ1v) is 5.47. The first-order chi connectivity index (χ1) is 7.55. The second-order valence-electron chi connectivity index (χ2n) is 2.91. The van der Waals surface area contributed by atoms with E-state index in [2.05, 4.69) is 10.1 Å². The quantitative estimate of drug-likeness (QED) is 0.835. The molecule has 4 nitrogen and oxygen atoms in total. The number of primary sulfonamides is 1. The van der Waals surface area contributed by atoms with Crippen LogP contribution in [-0.4, -0.2) is 13.4 Å². The number of rotatable bonds is 2. The van der Waals surface area contributed by atoms with E-state index >= 15 is 0 Å². The van der Waals surface area contributed by atoms with E-state index in [1.165, 1.54) is 0 Å². The van der Waals surface area contributed by atoms with Crippen molar-refractivity contribution in [1.82, 2.24) is 4.98 Å². The monoisotopic (exact) mass is 276 g/mol. The summed E-state index contributed by atoms with van der Waals surface area (Å²) >= 11 is 0. The molecule has 1 heterocycles. The molecule has 0 amide bonds. The third-order valence-electron chi connectivity index (χ3n) is 1.74. The van der Waals surface area contributed by atoms with Gasteiger partial charge in [-0.15, -0.1) is 0 Å². The van der Waals surface area contributed by atoms with Gasteiger partial charge in [0.05, 0.1) is 4.90 Å². The fourth-order valence-corrected chi connectivity index (χ4v) is 1.90. The average molecular weight is 276 g/mol. The largest absolute Gasteiger partial charge is 0.419 e. The van der Waals surface area contributed by atoms with Crippen molar-refractivity contribution in [3.8, 4) is 0 Å². The van der Waals surface area contributed by atoms with Crippen LogP contribution in [0.5, 0.6) is 0 Å². The molecule has 0 radical (unpaired) electrons. The van der Waals surface area contributed by atoms with E-state index in [0.717, 1.165) is 0 Å². The highest BCUT2D eigenvalue weighted by molar-refractivity contribution is 7.89. The van der Waals surface area contributed by atoms with Crippen molar-refractivity contribution in [2.24, 2.45) is 5.14 Å². The molecule has 0 aliphatic heterocycles. The molecular weight excluding hydrogens is 271 g/mol. The summed E-state index contributed by atoms with van der Waals surface area (Å²) in [7, 11) is -4.77. The third-order valence-corrected chi connectivity index (χ3v) is 2.69. The molecule has 0 aliphatic carbocycles. The Morgan fingerprint density at radius 1 is 1.29 bits per heavy atom. The summed E-state index contributed by atoms with van der Waals surface area (Å²) < 4.78 is 83.9. The van der Waals surface area contributed by atoms with Crippen LogP contribution in [0, 0.1) is 0 Å². The van der Waals surface area contributed by atoms with Crippen LogP contribution in [0.2, 0.25) is 0 Å². The highest BCUT2D eigenvalue weighted by atomic mass is 32.2. The van der Waals surface area contributed by atoms with E-state index in [0.29, 0.717) is 12.3 Å². The summed E-state index contributed by atoms with van der Waals surface area (Å²) in [5, 5.41) is 4.52. The number of aromatic nitrogens is 1. The Morgan fingerprint density at radius 3 is 2.18 bits per heavy atom. The first-order valence-electron chi connectivity index (χ1n) is 3.92. The molecule has 0 aromatic carbocycles. The predicted molar refractivity (Wildman–Crippen MR) is 45.6 cm³/mol. The van der Waals surface area contributed by atoms with Gasteiger partial charge in [-0.1, -0.05) is 0 Å². The van der Waals surface area contributed by atoms with Gasteiger partial charge < -0.3 is 0 Å². The van der Waals surface area contributed by atoms with Gasteiger partial charge in [-0.25, -0.2) is 22.3 Å². The summed E-state index contributed by atoms with van der Waals surface area (Å²) in [4.78, 5) is 1.41. The van der Waals surface area contributed by atoms with Gasteiger partial charge in [-0.3, -0.25) is 4.98 Å². The molecule has 0 aliphatic rings. The maximum absolute atomic E-state index is 12.5. The van der Waals surface area contributed by atoms with Gasteiger partial charge >= 0.3 is 6.18 Å². The lowest BCUT2D eigenvalue weighted by molar-refractivity contribution is -0.142. The molecule has 96 valence electrons. The Kier molecular flexibility index (Phi) is 3.39. The number of pyridine rings is 1. The van der Waals surface area contributed by atoms with Crippen LogP contribution in [0.4, 0.5) is 22.0 Å². The molecule has 0 unspecified atom stereocenters. The fraction of sp³-hybridized carbons (Fsp3) is 0.286. The SMILES string of the molecule is NS(=O)(=O)c1ccnc(C(F)F)c1C(F)(F)F. The van der Waals surface area contributed by atoms with Crippen molar-refractivity contribution in [2.45, 2.75) is 17.5 Å². The molecule has 0 saturated heterocycles. The van der Waals surface area contributed by atoms with Gasteiger partial charge in [-0.2, -0.15) is 13.2 Å². The third kappa shape index (κ3) is 2.88. The number of sulfonamides is 1. The predicted octanol–water partition coefficient (Wildman–Crippen LogP) is 1.69. The Bertz CT molecular complexity index is 526. The number of nitrogens with two attached hydrogens (primary N) is 1.